The number of carbonyl (C=O) groups excluding carboxylic acids is 2. The smallest absolute Gasteiger partial charge is 0.254 e. The van der Waals surface area contributed by atoms with Crippen LogP contribution in [-0.4, -0.2) is 23.3 Å². The zero-order chi connectivity index (χ0) is 25.2. The number of aryl methyl sites for hydroxylation is 1. The average molecular weight is 473 g/mol. The molecule has 1 aliphatic rings. The lowest BCUT2D eigenvalue weighted by Gasteiger charge is -2.41. The maximum Gasteiger partial charge on any atom is 0.254 e. The van der Waals surface area contributed by atoms with Crippen LogP contribution in [0.25, 0.3) is 0 Å². The molecule has 2 amide bonds. The molecule has 2 atom stereocenters. The Kier molecular flexibility index (Phi) is 7.06. The van der Waals surface area contributed by atoms with Crippen LogP contribution in [0, 0.1) is 18.7 Å². The highest BCUT2D eigenvalue weighted by molar-refractivity contribution is 5.98. The van der Waals surface area contributed by atoms with Gasteiger partial charge in [-0.25, -0.2) is 4.39 Å². The van der Waals surface area contributed by atoms with Crippen LogP contribution in [0.3, 0.4) is 0 Å². The number of carbonyl (C=O) groups is 2. The standard InChI is InChI=1S/C30H33FN2O2/c1-20-10-5-6-15-25(20)29(35)33-17-9-16-26(27(33)21-11-7-13-23(31)18-21)28(34)32-24-14-8-12-22(19-24)30(2,3)4/h5-8,10-15,18-19,26-27H,9,16-17H2,1-4H3,(H,32,34). The number of benzene rings is 3. The minimum Gasteiger partial charge on any atom is -0.331 e. The average Bonchev–Trinajstić information content (AvgIpc) is 2.83. The Bertz CT molecular complexity index is 1230. The molecule has 1 saturated heterocycles. The van der Waals surface area contributed by atoms with Crippen LogP contribution in [0.15, 0.2) is 72.8 Å². The van der Waals surface area contributed by atoms with Gasteiger partial charge in [0.1, 0.15) is 5.82 Å². The van der Waals surface area contributed by atoms with Crippen LogP contribution in [0.5, 0.6) is 0 Å². The third-order valence-electron chi connectivity index (χ3n) is 6.79. The summed E-state index contributed by atoms with van der Waals surface area (Å²) < 4.78 is 14.3. The highest BCUT2D eigenvalue weighted by atomic mass is 19.1. The van der Waals surface area contributed by atoms with E-state index >= 15 is 0 Å². The third kappa shape index (κ3) is 5.45. The van der Waals surface area contributed by atoms with Gasteiger partial charge in [0, 0.05) is 17.8 Å². The number of nitrogens with zero attached hydrogens (tertiary/aromatic N) is 1. The highest BCUT2D eigenvalue weighted by Gasteiger charge is 2.40. The van der Waals surface area contributed by atoms with Crippen LogP contribution in [0.4, 0.5) is 10.1 Å². The molecular weight excluding hydrogens is 439 g/mol. The monoisotopic (exact) mass is 472 g/mol. The first-order chi connectivity index (χ1) is 16.6. The van der Waals surface area contributed by atoms with Gasteiger partial charge in [0.05, 0.1) is 12.0 Å². The lowest BCUT2D eigenvalue weighted by Crippen LogP contribution is -2.46. The molecule has 2 unspecified atom stereocenters. The molecule has 182 valence electrons. The van der Waals surface area contributed by atoms with Crippen LogP contribution < -0.4 is 5.32 Å². The van der Waals surface area contributed by atoms with Crippen LogP contribution in [0.1, 0.15) is 66.7 Å². The van der Waals surface area contributed by atoms with E-state index in [9.17, 15) is 14.0 Å². The Hall–Kier alpha value is -3.47. The summed E-state index contributed by atoms with van der Waals surface area (Å²) in [7, 11) is 0. The molecule has 4 rings (SSSR count). The summed E-state index contributed by atoms with van der Waals surface area (Å²) in [5, 5.41) is 3.08. The van der Waals surface area contributed by atoms with Gasteiger partial charge in [0.25, 0.3) is 5.91 Å². The van der Waals surface area contributed by atoms with Gasteiger partial charge in [-0.3, -0.25) is 9.59 Å². The molecule has 0 saturated carbocycles. The Labute approximate surface area is 207 Å². The van der Waals surface area contributed by atoms with E-state index in [1.54, 1.807) is 17.0 Å². The molecule has 0 aromatic heterocycles. The van der Waals surface area contributed by atoms with Gasteiger partial charge in [0.2, 0.25) is 5.91 Å². The second-order valence-electron chi connectivity index (χ2n) is 10.4. The fourth-order valence-corrected chi connectivity index (χ4v) is 4.87. The maximum absolute atomic E-state index is 14.3. The largest absolute Gasteiger partial charge is 0.331 e. The first kappa shape index (κ1) is 24.6. The molecule has 35 heavy (non-hydrogen) atoms. The van der Waals surface area contributed by atoms with E-state index in [1.165, 1.54) is 12.1 Å². The van der Waals surface area contributed by atoms with Gasteiger partial charge in [-0.2, -0.15) is 0 Å². The lowest BCUT2D eigenvalue weighted by atomic mass is 9.83. The first-order valence-electron chi connectivity index (χ1n) is 12.2. The van der Waals surface area contributed by atoms with Crippen LogP contribution in [0.2, 0.25) is 0 Å². The van der Waals surface area contributed by atoms with Crippen molar-refractivity contribution >= 4 is 17.5 Å². The van der Waals surface area contributed by atoms with E-state index < -0.39 is 12.0 Å². The summed E-state index contributed by atoms with van der Waals surface area (Å²) in [4.78, 5) is 29.0. The predicted molar refractivity (Wildman–Crippen MR) is 138 cm³/mol. The van der Waals surface area contributed by atoms with E-state index in [-0.39, 0.29) is 23.0 Å². The summed E-state index contributed by atoms with van der Waals surface area (Å²) in [6.07, 6.45) is 1.31. The molecule has 0 spiro atoms. The summed E-state index contributed by atoms with van der Waals surface area (Å²) in [5.74, 6) is -1.18. The topological polar surface area (TPSA) is 49.4 Å². The molecule has 0 aliphatic carbocycles. The van der Waals surface area contributed by atoms with E-state index in [4.69, 9.17) is 0 Å². The summed E-state index contributed by atoms with van der Waals surface area (Å²) >= 11 is 0. The number of hydrogen-bond donors (Lipinski definition) is 1. The second-order valence-corrected chi connectivity index (χ2v) is 10.4. The summed E-state index contributed by atoms with van der Waals surface area (Å²) in [6.45, 7) is 8.80. The van der Waals surface area contributed by atoms with Gasteiger partial charge in [-0.15, -0.1) is 0 Å². The molecule has 1 fully saturated rings. The van der Waals surface area contributed by atoms with Gasteiger partial charge in [-0.1, -0.05) is 63.2 Å². The van der Waals surface area contributed by atoms with Crippen molar-refractivity contribution in [3.05, 3.63) is 101 Å². The quantitative estimate of drug-likeness (QED) is 0.461. The van der Waals surface area contributed by atoms with Crippen molar-refractivity contribution in [1.82, 2.24) is 4.90 Å². The molecule has 3 aromatic carbocycles. The molecule has 1 aliphatic heterocycles. The first-order valence-corrected chi connectivity index (χ1v) is 12.2. The Morgan fingerprint density at radius 2 is 1.71 bits per heavy atom. The predicted octanol–water partition coefficient (Wildman–Crippen LogP) is 6.66. The molecule has 1 N–H and O–H groups in total. The number of piperidine rings is 1. The maximum atomic E-state index is 14.3. The molecule has 3 aromatic rings. The lowest BCUT2D eigenvalue weighted by molar-refractivity contribution is -0.123. The van der Waals surface area contributed by atoms with E-state index in [2.05, 4.69) is 32.2 Å². The molecule has 0 radical (unpaired) electrons. The van der Waals surface area contributed by atoms with Gasteiger partial charge < -0.3 is 10.2 Å². The van der Waals surface area contributed by atoms with Crippen LogP contribution in [-0.2, 0) is 10.2 Å². The minimum absolute atomic E-state index is 0.0492. The third-order valence-corrected chi connectivity index (χ3v) is 6.79. The van der Waals surface area contributed by atoms with Crippen molar-refractivity contribution in [2.24, 2.45) is 5.92 Å². The van der Waals surface area contributed by atoms with Crippen LogP contribution >= 0.6 is 0 Å². The second kappa shape index (κ2) is 10.0. The van der Waals surface area contributed by atoms with Gasteiger partial charge >= 0.3 is 0 Å². The molecule has 5 heteroatoms. The van der Waals surface area contributed by atoms with Crippen molar-refractivity contribution in [2.75, 3.05) is 11.9 Å². The van der Waals surface area contributed by atoms with E-state index in [1.807, 2.05) is 49.4 Å². The fourth-order valence-electron chi connectivity index (χ4n) is 4.87. The SMILES string of the molecule is Cc1ccccc1C(=O)N1CCCC(C(=O)Nc2cccc(C(C)(C)C)c2)C1c1cccc(F)c1. The molecule has 0 bridgehead atoms. The highest BCUT2D eigenvalue weighted by Crippen LogP contribution is 2.38. The zero-order valence-corrected chi connectivity index (χ0v) is 20.8. The van der Waals surface area contributed by atoms with E-state index in [0.717, 1.165) is 16.8 Å². The molecule has 1 heterocycles. The zero-order valence-electron chi connectivity index (χ0n) is 20.8. The van der Waals surface area contributed by atoms with Crippen molar-refractivity contribution in [3.63, 3.8) is 0 Å². The van der Waals surface area contributed by atoms with Gasteiger partial charge in [-0.05, 0) is 72.2 Å². The number of amides is 2. The van der Waals surface area contributed by atoms with Crippen molar-refractivity contribution < 1.29 is 14.0 Å². The van der Waals surface area contributed by atoms with E-state index in [0.29, 0.717) is 30.5 Å². The Balaban J connectivity index is 1.69. The number of hydrogen-bond acceptors (Lipinski definition) is 2. The number of nitrogens with one attached hydrogen (secondary N) is 1. The van der Waals surface area contributed by atoms with Crippen molar-refractivity contribution in [1.29, 1.82) is 0 Å². The summed E-state index contributed by atoms with van der Waals surface area (Å²) in [6, 6.07) is 21.0. The fraction of sp³-hybridized carbons (Fsp3) is 0.333. The van der Waals surface area contributed by atoms with Gasteiger partial charge in [0.15, 0.2) is 0 Å². The Morgan fingerprint density at radius 3 is 2.43 bits per heavy atom. The normalized spacial score (nSPS) is 18.3. The number of anilines is 1. The number of likely N-dealkylation sites (tertiary alicyclic amines) is 1. The summed E-state index contributed by atoms with van der Waals surface area (Å²) in [5.41, 5.74) is 3.91. The molecular formula is C30H33FN2O2. The Morgan fingerprint density at radius 1 is 0.971 bits per heavy atom. The number of halogens is 1. The minimum atomic E-state index is -0.558. The number of rotatable bonds is 4. The molecule has 4 nitrogen and oxygen atoms in total. The van der Waals surface area contributed by atoms with Crippen molar-refractivity contribution in [3.8, 4) is 0 Å². The van der Waals surface area contributed by atoms with Crippen molar-refractivity contribution in [2.45, 2.75) is 52.0 Å².